The minimum Gasteiger partial charge on any atom is -0.345 e. The number of rotatable bonds is 5. The molecule has 6 rings (SSSR count). The molecule has 2 saturated carbocycles. The molecule has 3 aliphatic carbocycles. The summed E-state index contributed by atoms with van der Waals surface area (Å²) in [5.41, 5.74) is 4.71. The molecule has 8 heteroatoms. The summed E-state index contributed by atoms with van der Waals surface area (Å²) in [6.45, 7) is 5.95. The minimum atomic E-state index is -0.321. The highest BCUT2D eigenvalue weighted by atomic mass is 16.5. The van der Waals surface area contributed by atoms with Crippen LogP contribution in [0, 0.1) is 11.3 Å². The maximum Gasteiger partial charge on any atom is 0.315 e. The summed E-state index contributed by atoms with van der Waals surface area (Å²) in [5.74, 6) is 1.09. The van der Waals surface area contributed by atoms with E-state index < -0.39 is 0 Å². The van der Waals surface area contributed by atoms with E-state index in [9.17, 15) is 9.59 Å². The smallest absolute Gasteiger partial charge is 0.315 e. The second kappa shape index (κ2) is 8.78. The van der Waals surface area contributed by atoms with Crippen LogP contribution in [0.1, 0.15) is 80.5 Å². The number of amides is 2. The van der Waals surface area contributed by atoms with Crippen LogP contribution in [0.4, 0.5) is 5.82 Å². The van der Waals surface area contributed by atoms with Gasteiger partial charge in [-0.3, -0.25) is 9.59 Å². The molecule has 0 unspecified atom stereocenters. The minimum absolute atomic E-state index is 0.00418. The number of pyridine rings is 1. The molecule has 0 aliphatic heterocycles. The Labute approximate surface area is 216 Å². The Morgan fingerprint density at radius 3 is 2.62 bits per heavy atom. The molecule has 0 saturated heterocycles. The highest BCUT2D eigenvalue weighted by Gasteiger charge is 2.65. The number of nitrogens with zero attached hydrogens (tertiary/aromatic N) is 3. The van der Waals surface area contributed by atoms with Crippen LogP contribution in [0.25, 0.3) is 11.1 Å². The zero-order valence-electron chi connectivity index (χ0n) is 21.6. The van der Waals surface area contributed by atoms with E-state index in [-0.39, 0.29) is 35.1 Å². The van der Waals surface area contributed by atoms with E-state index in [0.29, 0.717) is 17.1 Å². The lowest BCUT2D eigenvalue weighted by Gasteiger charge is -2.16. The van der Waals surface area contributed by atoms with E-state index in [1.54, 1.807) is 6.20 Å². The van der Waals surface area contributed by atoms with Gasteiger partial charge < -0.3 is 15.2 Å². The quantitative estimate of drug-likeness (QED) is 0.486. The van der Waals surface area contributed by atoms with E-state index in [1.165, 1.54) is 24.0 Å². The van der Waals surface area contributed by atoms with Gasteiger partial charge in [-0.1, -0.05) is 44.1 Å². The first kappa shape index (κ1) is 23.8. The Hall–Kier alpha value is -3.55. The molecule has 2 heterocycles. The molecule has 2 amide bonds. The van der Waals surface area contributed by atoms with Crippen LogP contribution in [-0.4, -0.2) is 33.0 Å². The van der Waals surface area contributed by atoms with Gasteiger partial charge in [0.25, 0.3) is 0 Å². The van der Waals surface area contributed by atoms with Crippen molar-refractivity contribution in [2.75, 3.05) is 5.32 Å². The predicted molar refractivity (Wildman–Crippen MR) is 139 cm³/mol. The molecule has 2 N–H and O–H groups in total. The van der Waals surface area contributed by atoms with Gasteiger partial charge in [0.1, 0.15) is 5.82 Å². The fraction of sp³-hybridized carbons (Fsp3) is 0.483. The Morgan fingerprint density at radius 1 is 1.08 bits per heavy atom. The van der Waals surface area contributed by atoms with Crippen molar-refractivity contribution in [3.05, 3.63) is 59.4 Å². The number of aryl methyl sites for hydroxylation is 1. The second-order valence-electron chi connectivity index (χ2n) is 12.0. The monoisotopic (exact) mass is 499 g/mol. The van der Waals surface area contributed by atoms with Crippen molar-refractivity contribution in [2.45, 2.75) is 77.2 Å². The molecule has 2 aromatic heterocycles. The van der Waals surface area contributed by atoms with E-state index in [2.05, 4.69) is 44.0 Å². The molecule has 2 fully saturated rings. The standard InChI is InChI=1S/C29H33N5O3/c1-28(2,3)27-33-26(37-34-27)25(36)31-21-6-4-5-17-13-18(7-8-19(17)14-21)20-9-12-30-23(15-20)32-24(35)22-16-29(22)10-11-29/h7-9,12-13,15,21-22H,4-6,10-11,14,16H2,1-3H3,(H,31,36)(H,30,32,35)/t21-,22+/m1/s1. The maximum absolute atomic E-state index is 12.8. The lowest BCUT2D eigenvalue weighted by Crippen LogP contribution is -2.36. The summed E-state index contributed by atoms with van der Waals surface area (Å²) in [5, 5.41) is 10.1. The number of aromatic nitrogens is 3. The van der Waals surface area contributed by atoms with Gasteiger partial charge in [0.15, 0.2) is 5.82 Å². The van der Waals surface area contributed by atoms with Crippen LogP contribution in [-0.2, 0) is 23.1 Å². The fourth-order valence-electron chi connectivity index (χ4n) is 5.46. The van der Waals surface area contributed by atoms with Gasteiger partial charge in [0.05, 0.1) is 0 Å². The number of nitrogens with one attached hydrogen (secondary N) is 2. The van der Waals surface area contributed by atoms with Crippen molar-refractivity contribution in [2.24, 2.45) is 11.3 Å². The average Bonchev–Trinajstić information content (AvgIpc) is 3.75. The molecule has 0 bridgehead atoms. The molecule has 2 atom stereocenters. The van der Waals surface area contributed by atoms with Gasteiger partial charge in [-0.25, -0.2) is 4.98 Å². The maximum atomic E-state index is 12.8. The molecule has 1 aromatic carbocycles. The summed E-state index contributed by atoms with van der Waals surface area (Å²) in [7, 11) is 0. The Kier molecular flexibility index (Phi) is 5.66. The third-order valence-electron chi connectivity index (χ3n) is 8.04. The third-order valence-corrected chi connectivity index (χ3v) is 8.04. The number of benzene rings is 1. The number of hydrogen-bond donors (Lipinski definition) is 2. The molecule has 3 aliphatic rings. The molecule has 8 nitrogen and oxygen atoms in total. The fourth-order valence-corrected chi connectivity index (χ4v) is 5.46. The van der Waals surface area contributed by atoms with Crippen LogP contribution in [0.3, 0.4) is 0 Å². The Balaban J connectivity index is 1.13. The van der Waals surface area contributed by atoms with Crippen molar-refractivity contribution in [3.8, 4) is 11.1 Å². The van der Waals surface area contributed by atoms with E-state index in [0.717, 1.165) is 43.2 Å². The van der Waals surface area contributed by atoms with Crippen molar-refractivity contribution in [1.29, 1.82) is 0 Å². The highest BCUT2D eigenvalue weighted by molar-refractivity contribution is 5.95. The normalized spacial score (nSPS) is 21.6. The number of anilines is 1. The van der Waals surface area contributed by atoms with E-state index in [4.69, 9.17) is 4.52 Å². The summed E-state index contributed by atoms with van der Waals surface area (Å²) < 4.78 is 5.22. The summed E-state index contributed by atoms with van der Waals surface area (Å²) in [6, 6.07) is 10.4. The number of hydrogen-bond acceptors (Lipinski definition) is 6. The molecule has 37 heavy (non-hydrogen) atoms. The number of fused-ring (bicyclic) bond motifs is 1. The summed E-state index contributed by atoms with van der Waals surface area (Å²) in [4.78, 5) is 34.0. The highest BCUT2D eigenvalue weighted by Crippen LogP contribution is 2.70. The summed E-state index contributed by atoms with van der Waals surface area (Å²) in [6.07, 6.45) is 8.71. The lowest BCUT2D eigenvalue weighted by molar-refractivity contribution is -0.117. The van der Waals surface area contributed by atoms with Gasteiger partial charge in [-0.15, -0.1) is 0 Å². The molecule has 192 valence electrons. The van der Waals surface area contributed by atoms with Crippen LogP contribution in [0.5, 0.6) is 0 Å². The van der Waals surface area contributed by atoms with Gasteiger partial charge in [0, 0.05) is 23.6 Å². The van der Waals surface area contributed by atoms with Crippen molar-refractivity contribution in [3.63, 3.8) is 0 Å². The van der Waals surface area contributed by atoms with Crippen LogP contribution in [0.2, 0.25) is 0 Å². The van der Waals surface area contributed by atoms with Gasteiger partial charge in [-0.05, 0) is 84.7 Å². The molecule has 1 spiro atoms. The van der Waals surface area contributed by atoms with Crippen LogP contribution in [0.15, 0.2) is 41.1 Å². The molecular weight excluding hydrogens is 466 g/mol. The number of carbonyl (C=O) groups is 2. The van der Waals surface area contributed by atoms with Crippen molar-refractivity contribution < 1.29 is 14.1 Å². The third kappa shape index (κ3) is 4.89. The summed E-state index contributed by atoms with van der Waals surface area (Å²) >= 11 is 0. The second-order valence-corrected chi connectivity index (χ2v) is 12.0. The zero-order valence-corrected chi connectivity index (χ0v) is 21.6. The average molecular weight is 500 g/mol. The van der Waals surface area contributed by atoms with E-state index >= 15 is 0 Å². The molecular formula is C29H33N5O3. The van der Waals surface area contributed by atoms with Gasteiger partial charge in [0.2, 0.25) is 5.91 Å². The van der Waals surface area contributed by atoms with Crippen molar-refractivity contribution in [1.82, 2.24) is 20.4 Å². The zero-order chi connectivity index (χ0) is 25.8. The number of carbonyl (C=O) groups excluding carboxylic acids is 2. The van der Waals surface area contributed by atoms with E-state index in [1.807, 2.05) is 32.9 Å². The predicted octanol–water partition coefficient (Wildman–Crippen LogP) is 4.85. The first-order chi connectivity index (χ1) is 17.7. The first-order valence-electron chi connectivity index (χ1n) is 13.2. The van der Waals surface area contributed by atoms with Crippen LogP contribution < -0.4 is 10.6 Å². The Bertz CT molecular complexity index is 1370. The SMILES string of the molecule is CC(C)(C)c1noc(C(=O)N[C@@H]2CCCc3cc(-c4ccnc(NC(=O)[C@@H]5CC56CC6)c4)ccc3C2)n1. The van der Waals surface area contributed by atoms with Gasteiger partial charge in [-0.2, -0.15) is 4.98 Å². The largest absolute Gasteiger partial charge is 0.345 e. The topological polar surface area (TPSA) is 110 Å². The Morgan fingerprint density at radius 2 is 1.89 bits per heavy atom. The van der Waals surface area contributed by atoms with Crippen molar-refractivity contribution >= 4 is 17.6 Å². The van der Waals surface area contributed by atoms with Gasteiger partial charge >= 0.3 is 11.8 Å². The lowest BCUT2D eigenvalue weighted by atomic mass is 9.96. The molecule has 3 aromatic rings. The van der Waals surface area contributed by atoms with Crippen LogP contribution >= 0.6 is 0 Å². The first-order valence-corrected chi connectivity index (χ1v) is 13.2. The molecule has 0 radical (unpaired) electrons.